The van der Waals surface area contributed by atoms with E-state index in [0.717, 1.165) is 29.9 Å². The molecule has 0 fully saturated rings. The number of ether oxygens (including phenoxy) is 2. The second-order valence-electron chi connectivity index (χ2n) is 7.21. The van der Waals surface area contributed by atoms with E-state index in [0.29, 0.717) is 37.7 Å². The van der Waals surface area contributed by atoms with Crippen molar-refractivity contribution in [3.05, 3.63) is 83.6 Å². The van der Waals surface area contributed by atoms with Gasteiger partial charge in [0, 0.05) is 19.3 Å². The first-order chi connectivity index (χ1) is 15.7. The molecule has 0 aliphatic rings. The number of carbonyl (C=O) groups excluding carboxylic acids is 1. The van der Waals surface area contributed by atoms with Crippen LogP contribution in [0.25, 0.3) is 0 Å². The lowest BCUT2D eigenvalue weighted by molar-refractivity contribution is 0.0954. The van der Waals surface area contributed by atoms with Crippen molar-refractivity contribution in [3.63, 3.8) is 0 Å². The van der Waals surface area contributed by atoms with E-state index in [1.165, 1.54) is 5.56 Å². The van der Waals surface area contributed by atoms with Crippen molar-refractivity contribution in [2.45, 2.75) is 26.7 Å². The van der Waals surface area contributed by atoms with Gasteiger partial charge in [0.25, 0.3) is 5.91 Å². The van der Waals surface area contributed by atoms with Gasteiger partial charge in [-0.05, 0) is 62.1 Å². The third-order valence-electron chi connectivity index (χ3n) is 4.91. The van der Waals surface area contributed by atoms with Gasteiger partial charge in [0.1, 0.15) is 5.82 Å². The normalized spacial score (nSPS) is 10.4. The fourth-order valence-electron chi connectivity index (χ4n) is 3.37. The molecule has 3 rings (SSSR count). The molecular weight excluding hydrogens is 402 g/mol. The molecule has 6 nitrogen and oxygen atoms in total. The maximum atomic E-state index is 12.7. The third kappa shape index (κ3) is 6.74. The maximum Gasteiger partial charge on any atom is 0.255 e. The van der Waals surface area contributed by atoms with Crippen LogP contribution in [0.3, 0.4) is 0 Å². The Bertz CT molecular complexity index is 993. The number of pyridine rings is 1. The molecule has 1 aromatic heterocycles. The highest BCUT2D eigenvalue weighted by Gasteiger charge is 2.12. The molecule has 168 valence electrons. The summed E-state index contributed by atoms with van der Waals surface area (Å²) in [6.45, 7) is 6.30. The van der Waals surface area contributed by atoms with Crippen molar-refractivity contribution < 1.29 is 14.3 Å². The summed E-state index contributed by atoms with van der Waals surface area (Å²) in [6.07, 6.45) is 3.24. The Hall–Kier alpha value is -3.54. The molecule has 6 heteroatoms. The van der Waals surface area contributed by atoms with E-state index in [4.69, 9.17) is 9.47 Å². The second kappa shape index (κ2) is 12.3. The highest BCUT2D eigenvalue weighted by Crippen LogP contribution is 2.28. The average Bonchev–Trinajstić information content (AvgIpc) is 2.82. The van der Waals surface area contributed by atoms with Gasteiger partial charge < -0.3 is 20.1 Å². The number of hydrogen-bond acceptors (Lipinski definition) is 5. The zero-order valence-electron chi connectivity index (χ0n) is 18.8. The molecule has 1 amide bonds. The van der Waals surface area contributed by atoms with Crippen LogP contribution >= 0.6 is 0 Å². The monoisotopic (exact) mass is 433 g/mol. The first-order valence-electron chi connectivity index (χ1n) is 11.1. The quantitative estimate of drug-likeness (QED) is 0.440. The Labute approximate surface area is 190 Å². The van der Waals surface area contributed by atoms with Gasteiger partial charge in [0.05, 0.1) is 18.8 Å². The predicted octanol–water partition coefficient (Wildman–Crippen LogP) is 4.51. The largest absolute Gasteiger partial charge is 0.490 e. The van der Waals surface area contributed by atoms with Crippen LogP contribution in [0.4, 0.5) is 5.82 Å². The minimum absolute atomic E-state index is 0.128. The van der Waals surface area contributed by atoms with Crippen LogP contribution < -0.4 is 20.1 Å². The van der Waals surface area contributed by atoms with Crippen LogP contribution in [-0.2, 0) is 12.8 Å². The molecule has 0 aliphatic heterocycles. The van der Waals surface area contributed by atoms with Gasteiger partial charge in [0.15, 0.2) is 11.5 Å². The molecule has 0 unspecified atom stereocenters. The summed E-state index contributed by atoms with van der Waals surface area (Å²) in [5.74, 6) is 1.96. The number of carbonyl (C=O) groups is 1. The summed E-state index contributed by atoms with van der Waals surface area (Å²) in [5.41, 5.74) is 2.86. The van der Waals surface area contributed by atoms with Crippen LogP contribution in [0.1, 0.15) is 35.3 Å². The number of aromatic nitrogens is 1. The summed E-state index contributed by atoms with van der Waals surface area (Å²) in [4.78, 5) is 17.0. The SMILES string of the molecule is CCOc1ccc(CCNc2ncccc2C(=O)NCCc2ccccc2)cc1OCC. The lowest BCUT2D eigenvalue weighted by Crippen LogP contribution is -2.27. The zero-order valence-corrected chi connectivity index (χ0v) is 18.8. The number of hydrogen-bond donors (Lipinski definition) is 2. The van der Waals surface area contributed by atoms with Crippen LogP contribution in [0.2, 0.25) is 0 Å². The van der Waals surface area contributed by atoms with E-state index in [-0.39, 0.29) is 5.91 Å². The molecule has 0 saturated carbocycles. The van der Waals surface area contributed by atoms with Crippen molar-refractivity contribution in [2.75, 3.05) is 31.6 Å². The van der Waals surface area contributed by atoms with E-state index >= 15 is 0 Å². The van der Waals surface area contributed by atoms with Crippen LogP contribution in [-0.4, -0.2) is 37.2 Å². The molecule has 3 aromatic rings. The van der Waals surface area contributed by atoms with Crippen LogP contribution in [0.5, 0.6) is 11.5 Å². The molecule has 0 radical (unpaired) electrons. The lowest BCUT2D eigenvalue weighted by atomic mass is 10.1. The van der Waals surface area contributed by atoms with Gasteiger partial charge in [-0.25, -0.2) is 4.98 Å². The smallest absolute Gasteiger partial charge is 0.255 e. The van der Waals surface area contributed by atoms with Gasteiger partial charge in [-0.15, -0.1) is 0 Å². The second-order valence-corrected chi connectivity index (χ2v) is 7.21. The zero-order chi connectivity index (χ0) is 22.6. The Kier molecular flexibility index (Phi) is 8.92. The molecule has 0 aliphatic carbocycles. The highest BCUT2D eigenvalue weighted by atomic mass is 16.5. The fourth-order valence-corrected chi connectivity index (χ4v) is 3.37. The highest BCUT2D eigenvalue weighted by molar-refractivity contribution is 5.98. The van der Waals surface area contributed by atoms with Gasteiger partial charge in [-0.3, -0.25) is 4.79 Å². The topological polar surface area (TPSA) is 72.5 Å². The Balaban J connectivity index is 1.55. The first kappa shape index (κ1) is 23.1. The van der Waals surface area contributed by atoms with Gasteiger partial charge in [0.2, 0.25) is 0 Å². The minimum atomic E-state index is -0.128. The predicted molar refractivity (Wildman–Crippen MR) is 128 cm³/mol. The van der Waals surface area contributed by atoms with Gasteiger partial charge in [-0.1, -0.05) is 36.4 Å². The molecular formula is C26H31N3O3. The molecule has 2 N–H and O–H groups in total. The lowest BCUT2D eigenvalue weighted by Gasteiger charge is -2.14. The number of nitrogens with zero attached hydrogens (tertiary/aromatic N) is 1. The Morgan fingerprint density at radius 3 is 2.38 bits per heavy atom. The molecule has 1 heterocycles. The number of anilines is 1. The molecule has 0 atom stereocenters. The van der Waals surface area contributed by atoms with E-state index in [1.807, 2.05) is 50.2 Å². The van der Waals surface area contributed by atoms with Crippen molar-refractivity contribution in [1.82, 2.24) is 10.3 Å². The number of rotatable bonds is 12. The Morgan fingerprint density at radius 2 is 1.59 bits per heavy atom. The van der Waals surface area contributed by atoms with Gasteiger partial charge >= 0.3 is 0 Å². The van der Waals surface area contributed by atoms with Crippen molar-refractivity contribution in [2.24, 2.45) is 0 Å². The van der Waals surface area contributed by atoms with E-state index < -0.39 is 0 Å². The standard InChI is InChI=1S/C26H31N3O3/c1-3-31-23-13-12-21(19-24(23)32-4-2)15-17-28-25-22(11-8-16-27-25)26(30)29-18-14-20-9-6-5-7-10-20/h5-13,16,19H,3-4,14-15,17-18H2,1-2H3,(H,27,28)(H,29,30). The molecule has 32 heavy (non-hydrogen) atoms. The van der Waals surface area contributed by atoms with E-state index in [1.54, 1.807) is 18.3 Å². The van der Waals surface area contributed by atoms with E-state index in [2.05, 4.69) is 27.8 Å². The fraction of sp³-hybridized carbons (Fsp3) is 0.308. The summed E-state index contributed by atoms with van der Waals surface area (Å²) in [7, 11) is 0. The van der Waals surface area contributed by atoms with Crippen molar-refractivity contribution in [1.29, 1.82) is 0 Å². The molecule has 0 bridgehead atoms. The third-order valence-corrected chi connectivity index (χ3v) is 4.91. The molecule has 0 saturated heterocycles. The van der Waals surface area contributed by atoms with Crippen molar-refractivity contribution >= 4 is 11.7 Å². The summed E-state index contributed by atoms with van der Waals surface area (Å²) in [5, 5.41) is 6.28. The van der Waals surface area contributed by atoms with Crippen LogP contribution in [0, 0.1) is 0 Å². The summed E-state index contributed by atoms with van der Waals surface area (Å²) in [6, 6.07) is 19.6. The average molecular weight is 434 g/mol. The number of amides is 1. The summed E-state index contributed by atoms with van der Waals surface area (Å²) < 4.78 is 11.3. The summed E-state index contributed by atoms with van der Waals surface area (Å²) >= 11 is 0. The number of nitrogens with one attached hydrogen (secondary N) is 2. The molecule has 0 spiro atoms. The van der Waals surface area contributed by atoms with E-state index in [9.17, 15) is 4.79 Å². The van der Waals surface area contributed by atoms with Crippen LogP contribution in [0.15, 0.2) is 66.9 Å². The Morgan fingerprint density at radius 1 is 0.844 bits per heavy atom. The molecule has 2 aromatic carbocycles. The van der Waals surface area contributed by atoms with Gasteiger partial charge in [-0.2, -0.15) is 0 Å². The first-order valence-corrected chi connectivity index (χ1v) is 11.1. The minimum Gasteiger partial charge on any atom is -0.490 e. The maximum absolute atomic E-state index is 12.7. The van der Waals surface area contributed by atoms with Crippen molar-refractivity contribution in [3.8, 4) is 11.5 Å². The number of benzene rings is 2.